The van der Waals surface area contributed by atoms with Crippen molar-refractivity contribution in [2.45, 2.75) is 18.3 Å². The van der Waals surface area contributed by atoms with Gasteiger partial charge in [0.2, 0.25) is 5.91 Å². The van der Waals surface area contributed by atoms with Crippen LogP contribution in [-0.4, -0.2) is 23.0 Å². The number of benzene rings is 4. The summed E-state index contributed by atoms with van der Waals surface area (Å²) in [7, 11) is 0. The molecule has 0 bridgehead atoms. The summed E-state index contributed by atoms with van der Waals surface area (Å²) in [4.78, 5) is 37.8. The minimum Gasteiger partial charge on any atom is -0.481 e. The number of fused-ring (bicyclic) bond motifs is 1. The number of anilines is 1. The third-order valence-corrected chi connectivity index (χ3v) is 7.59. The molecule has 0 spiro atoms. The van der Waals surface area contributed by atoms with Gasteiger partial charge in [0.15, 0.2) is 0 Å². The number of aliphatic carboxylic acids is 1. The monoisotopic (exact) mass is 503 g/mol. The average molecular weight is 504 g/mol. The fourth-order valence-electron chi connectivity index (χ4n) is 5.85. The van der Waals surface area contributed by atoms with E-state index in [0.717, 1.165) is 33.5 Å². The molecule has 1 amide bonds. The number of carboxylic acid groups (broad SMARTS) is 1. The number of carbonyl (C=O) groups is 3. The zero-order valence-corrected chi connectivity index (χ0v) is 20.4. The van der Waals surface area contributed by atoms with Crippen molar-refractivity contribution in [3.8, 4) is 16.9 Å². The van der Waals surface area contributed by atoms with E-state index in [4.69, 9.17) is 4.74 Å². The Bertz CT molecular complexity index is 1480. The topological polar surface area (TPSA) is 92.7 Å². The van der Waals surface area contributed by atoms with E-state index in [1.807, 2.05) is 91.0 Å². The highest BCUT2D eigenvalue weighted by molar-refractivity contribution is 6.00. The molecule has 1 aliphatic carbocycles. The standard InChI is InChI=1S/C32H25NO5/c34-26-18-23-15-14-22(17-25(23)33-26)21-12-7-13-24(16-21)38-32(37)30-27(19-8-3-1-4-9-19)29(31(35)36)28(30)20-10-5-2-6-11-20/h1-17,27-30H,18H2,(H,33,34)(H,35,36)/t27-,28-,29-,30-/m1/s1. The van der Waals surface area contributed by atoms with Crippen LogP contribution in [0.1, 0.15) is 28.5 Å². The molecule has 2 N–H and O–H groups in total. The average Bonchev–Trinajstić information content (AvgIpc) is 3.28. The fourth-order valence-corrected chi connectivity index (χ4v) is 5.85. The maximum atomic E-state index is 13.7. The van der Waals surface area contributed by atoms with Gasteiger partial charge < -0.3 is 15.2 Å². The van der Waals surface area contributed by atoms with E-state index >= 15 is 0 Å². The predicted molar refractivity (Wildman–Crippen MR) is 143 cm³/mol. The second-order valence-electron chi connectivity index (χ2n) is 9.81. The molecule has 1 fully saturated rings. The minimum atomic E-state index is -0.928. The number of hydrogen-bond acceptors (Lipinski definition) is 4. The van der Waals surface area contributed by atoms with Gasteiger partial charge >= 0.3 is 11.9 Å². The van der Waals surface area contributed by atoms with Gasteiger partial charge in [-0.1, -0.05) is 84.9 Å². The minimum absolute atomic E-state index is 0.0269. The molecule has 6 rings (SSSR count). The van der Waals surface area contributed by atoms with E-state index in [1.165, 1.54) is 0 Å². The summed E-state index contributed by atoms with van der Waals surface area (Å²) in [5.41, 5.74) is 5.10. The highest BCUT2D eigenvalue weighted by atomic mass is 16.5. The Morgan fingerprint density at radius 1 is 0.737 bits per heavy atom. The summed E-state index contributed by atoms with van der Waals surface area (Å²) in [6.45, 7) is 0. The molecule has 2 aliphatic rings. The van der Waals surface area contributed by atoms with E-state index in [-0.39, 0.29) is 5.91 Å². The van der Waals surface area contributed by atoms with Crippen molar-refractivity contribution in [1.82, 2.24) is 0 Å². The zero-order valence-electron chi connectivity index (χ0n) is 20.4. The molecule has 0 radical (unpaired) electrons. The van der Waals surface area contributed by atoms with Crippen molar-refractivity contribution in [1.29, 1.82) is 0 Å². The first-order valence-corrected chi connectivity index (χ1v) is 12.6. The number of esters is 1. The number of hydrogen-bond donors (Lipinski definition) is 2. The Morgan fingerprint density at radius 3 is 2.00 bits per heavy atom. The van der Waals surface area contributed by atoms with Crippen LogP contribution < -0.4 is 10.1 Å². The lowest BCUT2D eigenvalue weighted by Crippen LogP contribution is -2.52. The van der Waals surface area contributed by atoms with Gasteiger partial charge in [-0.2, -0.15) is 0 Å². The number of ether oxygens (including phenoxy) is 1. The summed E-state index contributed by atoms with van der Waals surface area (Å²) < 4.78 is 5.92. The second kappa shape index (κ2) is 9.63. The Kier molecular flexibility index (Phi) is 6.00. The Labute approximate surface area is 219 Å². The molecule has 2 atom stereocenters. The Hall–Kier alpha value is -4.71. The fraction of sp³-hybridized carbons (Fsp3) is 0.156. The number of rotatable bonds is 6. The van der Waals surface area contributed by atoms with Gasteiger partial charge in [0.05, 0.1) is 18.3 Å². The molecule has 0 unspecified atom stereocenters. The van der Waals surface area contributed by atoms with Crippen molar-refractivity contribution in [3.63, 3.8) is 0 Å². The van der Waals surface area contributed by atoms with Crippen LogP contribution in [0.15, 0.2) is 103 Å². The van der Waals surface area contributed by atoms with Gasteiger partial charge in [-0.05, 0) is 46.0 Å². The largest absolute Gasteiger partial charge is 0.481 e. The summed E-state index contributed by atoms with van der Waals surface area (Å²) in [5.74, 6) is -3.43. The molecule has 38 heavy (non-hydrogen) atoms. The SMILES string of the molecule is O=C1Cc2ccc(-c3cccc(OC(=O)[C@H]4[C@H](c5ccccc5)[C@H](C(=O)O)[C@H]4c4ccccc4)c3)cc2N1. The lowest BCUT2D eigenvalue weighted by Gasteiger charge is -2.48. The van der Waals surface area contributed by atoms with Crippen molar-refractivity contribution in [2.75, 3.05) is 5.32 Å². The molecule has 4 aromatic carbocycles. The van der Waals surface area contributed by atoms with Crippen LogP contribution in [0, 0.1) is 11.8 Å². The summed E-state index contributed by atoms with van der Waals surface area (Å²) in [6.07, 6.45) is 0.372. The smallest absolute Gasteiger partial charge is 0.315 e. The summed E-state index contributed by atoms with van der Waals surface area (Å²) in [5, 5.41) is 13.0. The molecule has 0 saturated heterocycles. The summed E-state index contributed by atoms with van der Waals surface area (Å²) >= 11 is 0. The van der Waals surface area contributed by atoms with Crippen LogP contribution in [0.4, 0.5) is 5.69 Å². The van der Waals surface area contributed by atoms with E-state index in [9.17, 15) is 19.5 Å². The maximum Gasteiger partial charge on any atom is 0.315 e. The van der Waals surface area contributed by atoms with Crippen LogP contribution in [-0.2, 0) is 20.8 Å². The molecule has 1 saturated carbocycles. The van der Waals surface area contributed by atoms with Crippen molar-refractivity contribution < 1.29 is 24.2 Å². The number of carboxylic acids is 1. The molecule has 1 heterocycles. The summed E-state index contributed by atoms with van der Waals surface area (Å²) in [6, 6.07) is 31.7. The van der Waals surface area contributed by atoms with Gasteiger partial charge in [-0.3, -0.25) is 14.4 Å². The number of amides is 1. The molecule has 4 aromatic rings. The van der Waals surface area contributed by atoms with Crippen LogP contribution in [0.5, 0.6) is 5.75 Å². The highest BCUT2D eigenvalue weighted by Crippen LogP contribution is 2.58. The van der Waals surface area contributed by atoms with Gasteiger partial charge in [0.25, 0.3) is 0 Å². The first-order valence-electron chi connectivity index (χ1n) is 12.6. The van der Waals surface area contributed by atoms with Crippen LogP contribution in [0.3, 0.4) is 0 Å². The molecule has 0 aromatic heterocycles. The zero-order chi connectivity index (χ0) is 26.2. The van der Waals surface area contributed by atoms with E-state index in [1.54, 1.807) is 12.1 Å². The van der Waals surface area contributed by atoms with Crippen molar-refractivity contribution in [2.24, 2.45) is 11.8 Å². The first-order chi connectivity index (χ1) is 18.5. The van der Waals surface area contributed by atoms with E-state index < -0.39 is 35.6 Å². The molecular weight excluding hydrogens is 478 g/mol. The molecule has 188 valence electrons. The molecular formula is C32H25NO5. The quantitative estimate of drug-likeness (QED) is 0.262. The number of carbonyl (C=O) groups excluding carboxylic acids is 2. The Balaban J connectivity index is 1.31. The van der Waals surface area contributed by atoms with Crippen LogP contribution in [0.2, 0.25) is 0 Å². The van der Waals surface area contributed by atoms with Gasteiger partial charge in [0.1, 0.15) is 5.75 Å². The van der Waals surface area contributed by atoms with Gasteiger partial charge in [-0.25, -0.2) is 0 Å². The maximum absolute atomic E-state index is 13.7. The molecule has 1 aliphatic heterocycles. The van der Waals surface area contributed by atoms with Crippen LogP contribution in [0.25, 0.3) is 11.1 Å². The lowest BCUT2D eigenvalue weighted by molar-refractivity contribution is -0.158. The van der Waals surface area contributed by atoms with Crippen LogP contribution >= 0.6 is 0 Å². The number of nitrogens with one attached hydrogen (secondary N) is 1. The van der Waals surface area contributed by atoms with E-state index in [0.29, 0.717) is 12.2 Å². The predicted octanol–water partition coefficient (Wildman–Crippen LogP) is 5.65. The molecule has 6 nitrogen and oxygen atoms in total. The van der Waals surface area contributed by atoms with Crippen molar-refractivity contribution >= 4 is 23.5 Å². The highest BCUT2D eigenvalue weighted by Gasteiger charge is 2.59. The molecule has 6 heteroatoms. The normalized spacial score (nSPS) is 21.6. The second-order valence-corrected chi connectivity index (χ2v) is 9.81. The Morgan fingerprint density at radius 2 is 1.37 bits per heavy atom. The first kappa shape index (κ1) is 23.7. The lowest BCUT2D eigenvalue weighted by atomic mass is 9.52. The van der Waals surface area contributed by atoms with Gasteiger partial charge in [-0.15, -0.1) is 0 Å². The van der Waals surface area contributed by atoms with Gasteiger partial charge in [0, 0.05) is 17.5 Å². The van der Waals surface area contributed by atoms with E-state index in [2.05, 4.69) is 5.32 Å². The third kappa shape index (κ3) is 4.24. The van der Waals surface area contributed by atoms with Crippen molar-refractivity contribution in [3.05, 3.63) is 120 Å². The third-order valence-electron chi connectivity index (χ3n) is 7.59.